The molecule has 12 heteroatoms. The topological polar surface area (TPSA) is 173 Å². The maximum atomic E-state index is 10.8. The van der Waals surface area contributed by atoms with Crippen LogP contribution in [0.2, 0.25) is 0 Å². The molecule has 9 nitrogen and oxygen atoms in total. The van der Waals surface area contributed by atoms with Gasteiger partial charge in [0.15, 0.2) is 0 Å². The van der Waals surface area contributed by atoms with E-state index in [0.29, 0.717) is 6.08 Å². The molecule has 0 fully saturated rings. The van der Waals surface area contributed by atoms with Gasteiger partial charge in [-0.3, -0.25) is 13.7 Å². The molecule has 0 aliphatic carbocycles. The van der Waals surface area contributed by atoms with Crippen molar-refractivity contribution in [2.75, 3.05) is 6.16 Å². The molecule has 0 aromatic heterocycles. The van der Waals surface area contributed by atoms with Gasteiger partial charge < -0.3 is 29.4 Å². The van der Waals surface area contributed by atoms with E-state index in [4.69, 9.17) is 29.4 Å². The van der Waals surface area contributed by atoms with Crippen molar-refractivity contribution >= 4 is 22.8 Å². The summed E-state index contributed by atoms with van der Waals surface area (Å²) in [6.45, 7) is 0. The van der Waals surface area contributed by atoms with E-state index in [0.717, 1.165) is 0 Å². The second-order valence-corrected chi connectivity index (χ2v) is 7.95. The Kier molecular flexibility index (Phi) is 5.29. The minimum atomic E-state index is -4.88. The van der Waals surface area contributed by atoms with Crippen LogP contribution in [0.4, 0.5) is 0 Å². The van der Waals surface area contributed by atoms with Crippen molar-refractivity contribution in [1.82, 2.24) is 0 Å². The summed E-state index contributed by atoms with van der Waals surface area (Å²) in [5.74, 6) is 0.201. The summed E-state index contributed by atoms with van der Waals surface area (Å²) in [5.41, 5.74) is -1.93. The second kappa shape index (κ2) is 5.23. The van der Waals surface area contributed by atoms with Crippen molar-refractivity contribution in [2.24, 2.45) is 0 Å². The van der Waals surface area contributed by atoms with Gasteiger partial charge in [0, 0.05) is 5.82 Å². The molecule has 0 aliphatic heterocycles. The number of allylic oxidation sites excluding steroid dienone is 1. The highest BCUT2D eigenvalue weighted by molar-refractivity contribution is 7.57. The predicted molar refractivity (Wildman–Crippen MR) is 53.9 cm³/mol. The first-order valence-corrected chi connectivity index (χ1v) is 8.82. The Labute approximate surface area is 90.3 Å². The van der Waals surface area contributed by atoms with Crippen LogP contribution in [0.1, 0.15) is 0 Å². The van der Waals surface area contributed by atoms with Crippen LogP contribution in [0.25, 0.3) is 0 Å². The highest BCUT2D eigenvalue weighted by atomic mass is 31.2. The van der Waals surface area contributed by atoms with Crippen LogP contribution in [0.5, 0.6) is 0 Å². The third-order valence-corrected chi connectivity index (χ3v) is 4.30. The Morgan fingerprint density at radius 3 is 1.62 bits per heavy atom. The van der Waals surface area contributed by atoms with Crippen LogP contribution < -0.4 is 0 Å². The normalized spacial score (nSPS) is 16.6. The van der Waals surface area contributed by atoms with Gasteiger partial charge in [0.2, 0.25) is 0 Å². The first kappa shape index (κ1) is 16.2. The minimum Gasteiger partial charge on any atom is -0.324 e. The molecule has 0 aromatic rings. The molecule has 6 N–H and O–H groups in total. The van der Waals surface area contributed by atoms with Crippen molar-refractivity contribution in [3.8, 4) is 0 Å². The molecule has 0 bridgehead atoms. The predicted octanol–water partition coefficient (Wildman–Crippen LogP) is -0.598. The average Bonchev–Trinajstić information content (AvgIpc) is 1.91. The lowest BCUT2D eigenvalue weighted by molar-refractivity contribution is 0.352. The third kappa shape index (κ3) is 8.35. The van der Waals surface area contributed by atoms with Crippen LogP contribution in [0, 0.1) is 0 Å². The zero-order chi connectivity index (χ0) is 13.2. The molecule has 0 saturated carbocycles. The summed E-state index contributed by atoms with van der Waals surface area (Å²) in [4.78, 5) is 51.3. The monoisotopic (exact) mass is 296 g/mol. The zero-order valence-electron chi connectivity index (χ0n) is 7.69. The van der Waals surface area contributed by atoms with Gasteiger partial charge >= 0.3 is 22.8 Å². The van der Waals surface area contributed by atoms with Gasteiger partial charge in [-0.15, -0.1) is 0 Å². The fourth-order valence-electron chi connectivity index (χ4n) is 0.734. The van der Waals surface area contributed by atoms with Gasteiger partial charge in [-0.25, -0.2) is 0 Å². The van der Waals surface area contributed by atoms with E-state index in [9.17, 15) is 13.7 Å². The molecular formula is C4H11O9P3. The second-order valence-electron chi connectivity index (χ2n) is 2.93. The molecule has 0 spiro atoms. The Hall–Kier alpha value is 0.190. The molecule has 96 valence electrons. The molecule has 0 saturated heterocycles. The summed E-state index contributed by atoms with van der Waals surface area (Å²) >= 11 is 0. The van der Waals surface area contributed by atoms with Crippen molar-refractivity contribution in [3.63, 3.8) is 0 Å². The summed E-state index contributed by atoms with van der Waals surface area (Å²) in [6, 6.07) is 0. The lowest BCUT2D eigenvalue weighted by atomic mass is 10.5. The van der Waals surface area contributed by atoms with E-state index in [1.54, 1.807) is 0 Å². The molecule has 1 atom stereocenters. The Morgan fingerprint density at radius 2 is 1.38 bits per heavy atom. The molecule has 0 heterocycles. The van der Waals surface area contributed by atoms with Gasteiger partial charge in [0.25, 0.3) is 0 Å². The van der Waals surface area contributed by atoms with Crippen molar-refractivity contribution in [1.29, 1.82) is 0 Å². The van der Waals surface area contributed by atoms with Crippen LogP contribution in [-0.2, 0) is 13.7 Å². The van der Waals surface area contributed by atoms with Crippen molar-refractivity contribution in [2.45, 2.75) is 5.66 Å². The Balaban J connectivity index is 5.01. The standard InChI is InChI=1S/C4H11O9P3/c5-14(6,7)2-1-4(16(11,12)13)3-15(8,9)10/h1-2,4H,3H2,(H2,5,6,7)(H2,8,9,10)(H2,11,12,13). The highest BCUT2D eigenvalue weighted by Gasteiger charge is 2.33. The molecule has 0 aliphatic rings. The van der Waals surface area contributed by atoms with E-state index in [1.807, 2.05) is 0 Å². The van der Waals surface area contributed by atoms with Crippen LogP contribution >= 0.6 is 22.8 Å². The quantitative estimate of drug-likeness (QED) is 0.362. The van der Waals surface area contributed by atoms with E-state index in [2.05, 4.69) is 0 Å². The Morgan fingerprint density at radius 1 is 0.938 bits per heavy atom. The highest BCUT2D eigenvalue weighted by Crippen LogP contribution is 2.50. The van der Waals surface area contributed by atoms with Gasteiger partial charge in [-0.1, -0.05) is 6.08 Å². The van der Waals surface area contributed by atoms with Gasteiger partial charge in [0.1, 0.15) is 0 Å². The van der Waals surface area contributed by atoms with Crippen LogP contribution in [0.15, 0.2) is 11.9 Å². The zero-order valence-corrected chi connectivity index (χ0v) is 10.4. The van der Waals surface area contributed by atoms with E-state index < -0.39 is 34.6 Å². The lowest BCUT2D eigenvalue weighted by Gasteiger charge is -2.15. The molecule has 0 aromatic carbocycles. The largest absolute Gasteiger partial charge is 0.348 e. The van der Waals surface area contributed by atoms with Crippen molar-refractivity contribution in [3.05, 3.63) is 11.9 Å². The fourth-order valence-corrected chi connectivity index (χ4v) is 3.71. The molecule has 0 radical (unpaired) electrons. The molecule has 0 rings (SSSR count). The summed E-state index contributed by atoms with van der Waals surface area (Å²) < 4.78 is 31.7. The average molecular weight is 296 g/mol. The number of hydrogen-bond acceptors (Lipinski definition) is 3. The van der Waals surface area contributed by atoms with Crippen molar-refractivity contribution < 1.29 is 43.1 Å². The molecule has 0 amide bonds. The molecule has 1 unspecified atom stereocenters. The van der Waals surface area contributed by atoms with Gasteiger partial charge in [-0.05, 0) is 0 Å². The van der Waals surface area contributed by atoms with E-state index in [1.165, 1.54) is 0 Å². The lowest BCUT2D eigenvalue weighted by Crippen LogP contribution is -2.11. The minimum absolute atomic E-state index is 0.201. The first-order chi connectivity index (χ1) is 6.81. The van der Waals surface area contributed by atoms with Gasteiger partial charge in [-0.2, -0.15) is 0 Å². The maximum absolute atomic E-state index is 10.8. The number of hydrogen-bond donors (Lipinski definition) is 6. The maximum Gasteiger partial charge on any atom is 0.348 e. The Bertz CT molecular complexity index is 395. The van der Waals surface area contributed by atoms with Crippen LogP contribution in [-0.4, -0.2) is 41.2 Å². The summed E-state index contributed by atoms with van der Waals surface area (Å²) in [5, 5.41) is 0. The summed E-state index contributed by atoms with van der Waals surface area (Å²) in [7, 11) is -14.2. The third-order valence-electron chi connectivity index (χ3n) is 1.36. The van der Waals surface area contributed by atoms with Crippen LogP contribution in [0.3, 0.4) is 0 Å². The van der Waals surface area contributed by atoms with E-state index >= 15 is 0 Å². The smallest absolute Gasteiger partial charge is 0.324 e. The fraction of sp³-hybridized carbons (Fsp3) is 0.500. The SMILES string of the molecule is O=P(O)(O)C=CC(CP(=O)(O)O)P(=O)(O)O. The summed E-state index contributed by atoms with van der Waals surface area (Å²) in [6.07, 6.45) is -0.769. The molecule has 16 heavy (non-hydrogen) atoms. The van der Waals surface area contributed by atoms with Gasteiger partial charge in [0.05, 0.1) is 11.8 Å². The molecular weight excluding hydrogens is 285 g/mol. The first-order valence-electron chi connectivity index (χ1n) is 3.66. The van der Waals surface area contributed by atoms with E-state index in [-0.39, 0.29) is 5.82 Å². The number of rotatable bonds is 5.